The Kier molecular flexibility index (Phi) is 5.57. The van der Waals surface area contributed by atoms with Crippen molar-refractivity contribution in [1.82, 2.24) is 10.1 Å². The number of nitrogens with zero attached hydrogens (tertiary/aromatic N) is 3. The van der Waals surface area contributed by atoms with E-state index in [0.29, 0.717) is 0 Å². The van der Waals surface area contributed by atoms with Gasteiger partial charge in [0, 0.05) is 36.2 Å². The van der Waals surface area contributed by atoms with Gasteiger partial charge in [-0.15, -0.1) is 0 Å². The molecule has 0 saturated heterocycles. The average molecular weight is 406 g/mol. The van der Waals surface area contributed by atoms with Gasteiger partial charge in [-0.1, -0.05) is 23.4 Å². The largest absolute Gasteiger partial charge is 0.416 e. The van der Waals surface area contributed by atoms with E-state index in [2.05, 4.69) is 15.5 Å². The molecule has 150 valence electrons. The summed E-state index contributed by atoms with van der Waals surface area (Å²) in [7, 11) is 0. The molecule has 1 N–H and O–H groups in total. The molecule has 0 aliphatic heterocycles. The molecule has 11 heteroatoms. The van der Waals surface area contributed by atoms with Crippen LogP contribution in [0, 0.1) is 10.1 Å². The first-order chi connectivity index (χ1) is 13.7. The number of hydrogen-bond acceptors (Lipinski definition) is 6. The number of anilines is 1. The lowest BCUT2D eigenvalue weighted by Crippen LogP contribution is -2.12. The molecule has 0 radical (unpaired) electrons. The number of aryl methyl sites for hydroxylation is 1. The van der Waals surface area contributed by atoms with Crippen molar-refractivity contribution in [2.75, 3.05) is 5.32 Å². The van der Waals surface area contributed by atoms with Crippen molar-refractivity contribution < 1.29 is 27.4 Å². The van der Waals surface area contributed by atoms with Crippen LogP contribution in [0.2, 0.25) is 0 Å². The molecular formula is C18H13F3N4O4. The Bertz CT molecular complexity index is 1050. The number of nitrogens with one attached hydrogen (secondary N) is 1. The summed E-state index contributed by atoms with van der Waals surface area (Å²) < 4.78 is 43.4. The Hall–Kier alpha value is -3.76. The van der Waals surface area contributed by atoms with E-state index in [1.54, 1.807) is 0 Å². The molecule has 1 heterocycles. The molecule has 3 rings (SSSR count). The number of nitro groups is 1. The van der Waals surface area contributed by atoms with E-state index < -0.39 is 22.6 Å². The first-order valence-electron chi connectivity index (χ1n) is 8.27. The van der Waals surface area contributed by atoms with Crippen LogP contribution in [0.25, 0.3) is 11.4 Å². The van der Waals surface area contributed by atoms with Gasteiger partial charge in [0.15, 0.2) is 0 Å². The number of nitro benzene ring substituents is 1. The van der Waals surface area contributed by atoms with Crippen LogP contribution >= 0.6 is 0 Å². The quantitative estimate of drug-likeness (QED) is 0.484. The van der Waals surface area contributed by atoms with Crippen LogP contribution in [-0.2, 0) is 17.4 Å². The fourth-order valence-corrected chi connectivity index (χ4v) is 2.45. The lowest BCUT2D eigenvalue weighted by atomic mass is 10.1. The lowest BCUT2D eigenvalue weighted by molar-refractivity contribution is -0.384. The summed E-state index contributed by atoms with van der Waals surface area (Å²) in [5.74, 6) is -0.388. The zero-order valence-electron chi connectivity index (χ0n) is 14.6. The van der Waals surface area contributed by atoms with E-state index in [-0.39, 0.29) is 41.5 Å². The van der Waals surface area contributed by atoms with Crippen LogP contribution in [0.3, 0.4) is 0 Å². The van der Waals surface area contributed by atoms with Crippen LogP contribution in [0.1, 0.15) is 17.9 Å². The van der Waals surface area contributed by atoms with E-state index >= 15 is 0 Å². The Labute approximate surface area is 161 Å². The molecule has 29 heavy (non-hydrogen) atoms. The number of aromatic nitrogens is 2. The number of rotatable bonds is 6. The fraction of sp³-hybridized carbons (Fsp3) is 0.167. The smallest absolute Gasteiger partial charge is 0.339 e. The van der Waals surface area contributed by atoms with Crippen molar-refractivity contribution in [3.8, 4) is 11.4 Å². The summed E-state index contributed by atoms with van der Waals surface area (Å²) in [6.45, 7) is 0. The van der Waals surface area contributed by atoms with Gasteiger partial charge in [0.05, 0.1) is 10.5 Å². The van der Waals surface area contributed by atoms with E-state index in [4.69, 9.17) is 4.52 Å². The molecule has 3 aromatic rings. The van der Waals surface area contributed by atoms with Crippen LogP contribution < -0.4 is 5.32 Å². The highest BCUT2D eigenvalue weighted by molar-refractivity contribution is 5.91. The number of alkyl halides is 3. The van der Waals surface area contributed by atoms with Crippen LogP contribution in [-0.4, -0.2) is 21.0 Å². The van der Waals surface area contributed by atoms with Crippen molar-refractivity contribution in [3.63, 3.8) is 0 Å². The molecule has 0 aliphatic rings. The maximum atomic E-state index is 12.8. The highest BCUT2D eigenvalue weighted by Gasteiger charge is 2.30. The number of hydrogen-bond donors (Lipinski definition) is 1. The van der Waals surface area contributed by atoms with Gasteiger partial charge in [-0.05, 0) is 18.2 Å². The van der Waals surface area contributed by atoms with Gasteiger partial charge in [0.1, 0.15) is 0 Å². The molecule has 0 atom stereocenters. The first kappa shape index (κ1) is 20.0. The lowest BCUT2D eigenvalue weighted by Gasteiger charge is -2.06. The number of halogens is 3. The molecular weight excluding hydrogens is 393 g/mol. The average Bonchev–Trinajstić information content (AvgIpc) is 3.15. The molecule has 0 saturated carbocycles. The standard InChI is InChI=1S/C18H13F3N4O4/c19-18(20,21)12-4-1-3-11(9-12)17-23-16(29-24-17)8-7-15(26)22-13-5-2-6-14(10-13)25(27)28/h1-6,9-10H,7-8H2,(H,22,26). The van der Waals surface area contributed by atoms with Gasteiger partial charge in [0.25, 0.3) is 5.69 Å². The highest BCUT2D eigenvalue weighted by Crippen LogP contribution is 2.31. The van der Waals surface area contributed by atoms with Crippen molar-refractivity contribution in [2.24, 2.45) is 0 Å². The summed E-state index contributed by atoms with van der Waals surface area (Å²) in [4.78, 5) is 26.2. The third kappa shape index (κ3) is 5.15. The Morgan fingerprint density at radius 1 is 1.17 bits per heavy atom. The SMILES string of the molecule is O=C(CCc1nc(-c2cccc(C(F)(F)F)c2)no1)Nc1cccc([N+](=O)[O-])c1. The van der Waals surface area contributed by atoms with Gasteiger partial charge in [-0.3, -0.25) is 14.9 Å². The second kappa shape index (κ2) is 8.09. The van der Waals surface area contributed by atoms with E-state index in [1.165, 1.54) is 36.4 Å². The van der Waals surface area contributed by atoms with Crippen LogP contribution in [0.5, 0.6) is 0 Å². The summed E-state index contributed by atoms with van der Waals surface area (Å²) in [5.41, 5.74) is -0.599. The zero-order chi connectivity index (χ0) is 21.0. The minimum Gasteiger partial charge on any atom is -0.339 e. The van der Waals surface area contributed by atoms with Crippen molar-refractivity contribution in [3.05, 3.63) is 70.1 Å². The van der Waals surface area contributed by atoms with Gasteiger partial charge in [0.2, 0.25) is 17.6 Å². The Balaban J connectivity index is 1.61. The van der Waals surface area contributed by atoms with Gasteiger partial charge in [-0.2, -0.15) is 18.2 Å². The van der Waals surface area contributed by atoms with Gasteiger partial charge >= 0.3 is 6.18 Å². The van der Waals surface area contributed by atoms with E-state index in [1.807, 2.05) is 0 Å². The maximum Gasteiger partial charge on any atom is 0.416 e. The van der Waals surface area contributed by atoms with Gasteiger partial charge in [-0.25, -0.2) is 0 Å². The summed E-state index contributed by atoms with van der Waals surface area (Å²) >= 11 is 0. The third-order valence-electron chi connectivity index (χ3n) is 3.82. The topological polar surface area (TPSA) is 111 Å². The molecule has 8 nitrogen and oxygen atoms in total. The predicted octanol–water partition coefficient (Wildman–Crippen LogP) is 4.23. The minimum atomic E-state index is -4.49. The number of benzene rings is 2. The number of amides is 1. The molecule has 2 aromatic carbocycles. The number of non-ortho nitro benzene ring substituents is 1. The van der Waals surface area contributed by atoms with Crippen molar-refractivity contribution in [1.29, 1.82) is 0 Å². The van der Waals surface area contributed by atoms with Crippen LogP contribution in [0.15, 0.2) is 53.1 Å². The van der Waals surface area contributed by atoms with E-state index in [9.17, 15) is 28.1 Å². The van der Waals surface area contributed by atoms with Crippen LogP contribution in [0.4, 0.5) is 24.5 Å². The molecule has 0 bridgehead atoms. The fourth-order valence-electron chi connectivity index (χ4n) is 2.45. The Morgan fingerprint density at radius 3 is 2.66 bits per heavy atom. The van der Waals surface area contributed by atoms with E-state index in [0.717, 1.165) is 12.1 Å². The van der Waals surface area contributed by atoms with Crippen molar-refractivity contribution in [2.45, 2.75) is 19.0 Å². The molecule has 0 fully saturated rings. The number of carbonyl (C=O) groups excluding carboxylic acids is 1. The zero-order valence-corrected chi connectivity index (χ0v) is 14.6. The molecule has 0 unspecified atom stereocenters. The molecule has 1 aromatic heterocycles. The van der Waals surface area contributed by atoms with Gasteiger partial charge < -0.3 is 9.84 Å². The normalized spacial score (nSPS) is 11.3. The summed E-state index contributed by atoms with van der Waals surface area (Å²) in [6, 6.07) is 9.95. The second-order valence-corrected chi connectivity index (χ2v) is 5.95. The van der Waals surface area contributed by atoms with Crippen molar-refractivity contribution >= 4 is 17.3 Å². The summed E-state index contributed by atoms with van der Waals surface area (Å²) in [5, 5.41) is 16.9. The maximum absolute atomic E-state index is 12.8. The molecule has 0 aliphatic carbocycles. The first-order valence-corrected chi connectivity index (χ1v) is 8.27. The third-order valence-corrected chi connectivity index (χ3v) is 3.82. The molecule has 0 spiro atoms. The monoisotopic (exact) mass is 406 g/mol. The Morgan fingerprint density at radius 2 is 1.93 bits per heavy atom. The minimum absolute atomic E-state index is 0.0230. The number of carbonyl (C=O) groups is 1. The summed E-state index contributed by atoms with van der Waals surface area (Å²) in [6.07, 6.45) is -4.51. The second-order valence-electron chi connectivity index (χ2n) is 5.95. The highest BCUT2D eigenvalue weighted by atomic mass is 19.4. The predicted molar refractivity (Wildman–Crippen MR) is 94.8 cm³/mol. The molecule has 1 amide bonds.